The molecule has 1 atom stereocenters. The molecule has 0 rings (SSSR count). The van der Waals surface area contributed by atoms with Crippen LogP contribution in [-0.2, 0) is 0 Å². The lowest BCUT2D eigenvalue weighted by molar-refractivity contribution is 0.549. The molecule has 0 heterocycles. The number of nitrogens with one attached hydrogen (secondary N) is 2. The highest BCUT2D eigenvalue weighted by Crippen LogP contribution is 1.90. The first-order valence-corrected chi connectivity index (χ1v) is 7.01. The first kappa shape index (κ1) is 9.72. The largest absolute Gasteiger partial charge is 0.308 e. The Morgan fingerprint density at radius 2 is 2.11 bits per heavy atom. The average molecular weight is 187 g/mol. The van der Waals surface area contributed by atoms with Gasteiger partial charge in [0, 0.05) is 6.17 Å². The fourth-order valence-corrected chi connectivity index (χ4v) is 2.18. The molecule has 56 valence electrons. The third-order valence-electron chi connectivity index (χ3n) is 0.886. The number of halogens is 2. The predicted octanol–water partition coefficient (Wildman–Crippen LogP) is 0.726. The summed E-state index contributed by atoms with van der Waals surface area (Å²) < 4.78 is 0. The summed E-state index contributed by atoms with van der Waals surface area (Å²) in [5.74, 6) is 0. The highest BCUT2D eigenvalue weighted by molar-refractivity contribution is 7.32. The van der Waals surface area contributed by atoms with Crippen LogP contribution in [0.5, 0.6) is 0 Å². The van der Waals surface area contributed by atoms with Gasteiger partial charge in [-0.1, -0.05) is 6.92 Å². The zero-order chi connectivity index (χ0) is 7.28. The van der Waals surface area contributed by atoms with E-state index in [1.54, 1.807) is 0 Å². The summed E-state index contributed by atoms with van der Waals surface area (Å²) in [6, 6.07) is 0. The van der Waals surface area contributed by atoms with Gasteiger partial charge in [0.05, 0.1) is 0 Å². The lowest BCUT2D eigenvalue weighted by Crippen LogP contribution is -2.43. The molecule has 0 fully saturated rings. The first-order valence-electron chi connectivity index (χ1n) is 2.94. The second-order valence-electron chi connectivity index (χ2n) is 1.75. The zero-order valence-corrected chi connectivity index (χ0v) is 8.28. The lowest BCUT2D eigenvalue weighted by Gasteiger charge is -2.13. The Kier molecular flexibility index (Phi) is 5.94. The Bertz CT molecular complexity index is 71.6. The molecule has 2 nitrogen and oxygen atoms in total. The molecule has 0 spiro atoms. The molecule has 0 aromatic carbocycles. The van der Waals surface area contributed by atoms with Crippen molar-refractivity contribution in [2.24, 2.45) is 0 Å². The fraction of sp³-hybridized carbons (Fsp3) is 1.00. The molecule has 0 aliphatic carbocycles. The van der Waals surface area contributed by atoms with Crippen LogP contribution < -0.4 is 10.3 Å². The van der Waals surface area contributed by atoms with E-state index < -0.39 is 7.58 Å². The van der Waals surface area contributed by atoms with Gasteiger partial charge in [-0.05, 0) is 13.5 Å². The SMILES string of the molecule is CCNC(C)N[SiH](Cl)Cl. The number of hydrogen-bond donors (Lipinski definition) is 2. The van der Waals surface area contributed by atoms with Crippen molar-refractivity contribution in [1.29, 1.82) is 0 Å². The highest BCUT2D eigenvalue weighted by Gasteiger charge is 2.04. The van der Waals surface area contributed by atoms with Crippen LogP contribution in [0.4, 0.5) is 0 Å². The van der Waals surface area contributed by atoms with Crippen LogP contribution in [0, 0.1) is 0 Å². The second-order valence-corrected chi connectivity index (χ2v) is 5.97. The predicted molar refractivity (Wildman–Crippen MR) is 45.1 cm³/mol. The lowest BCUT2D eigenvalue weighted by atomic mass is 10.6. The van der Waals surface area contributed by atoms with Gasteiger partial charge in [0.2, 0.25) is 0 Å². The summed E-state index contributed by atoms with van der Waals surface area (Å²) in [5, 5.41) is 3.13. The summed E-state index contributed by atoms with van der Waals surface area (Å²) in [7, 11) is -1.63. The van der Waals surface area contributed by atoms with Crippen LogP contribution in [0.25, 0.3) is 0 Å². The van der Waals surface area contributed by atoms with Crippen molar-refractivity contribution in [3.05, 3.63) is 0 Å². The summed E-state index contributed by atoms with van der Waals surface area (Å²) in [6.07, 6.45) is 0.238. The first-order chi connectivity index (χ1) is 4.16. The van der Waals surface area contributed by atoms with E-state index >= 15 is 0 Å². The van der Waals surface area contributed by atoms with Gasteiger partial charge in [-0.3, -0.25) is 0 Å². The monoisotopic (exact) mass is 186 g/mol. The van der Waals surface area contributed by atoms with Crippen LogP contribution >= 0.6 is 22.2 Å². The van der Waals surface area contributed by atoms with Crippen LogP contribution in [0.3, 0.4) is 0 Å². The van der Waals surface area contributed by atoms with Crippen molar-refractivity contribution < 1.29 is 0 Å². The molecule has 0 radical (unpaired) electrons. The van der Waals surface area contributed by atoms with E-state index in [9.17, 15) is 0 Å². The molecule has 5 heteroatoms. The van der Waals surface area contributed by atoms with Crippen molar-refractivity contribution in [3.63, 3.8) is 0 Å². The van der Waals surface area contributed by atoms with E-state index in [-0.39, 0.29) is 6.17 Å². The highest BCUT2D eigenvalue weighted by atomic mass is 35.7. The zero-order valence-electron chi connectivity index (χ0n) is 5.62. The quantitative estimate of drug-likeness (QED) is 0.385. The van der Waals surface area contributed by atoms with Gasteiger partial charge in [-0.25, -0.2) is 0 Å². The summed E-state index contributed by atoms with van der Waals surface area (Å²) in [4.78, 5) is 3.00. The average Bonchev–Trinajstić information content (AvgIpc) is 1.63. The van der Waals surface area contributed by atoms with Gasteiger partial charge in [0.15, 0.2) is 0 Å². The van der Waals surface area contributed by atoms with E-state index in [0.717, 1.165) is 6.54 Å². The Morgan fingerprint density at radius 1 is 1.56 bits per heavy atom. The van der Waals surface area contributed by atoms with Crippen LogP contribution in [0.2, 0.25) is 0 Å². The molecular weight excluding hydrogens is 175 g/mol. The minimum Gasteiger partial charge on any atom is -0.303 e. The van der Waals surface area contributed by atoms with Crippen molar-refractivity contribution in [2.75, 3.05) is 6.54 Å². The molecule has 0 saturated carbocycles. The molecule has 0 aliphatic rings. The molecular formula is C4H12Cl2N2Si. The Balaban J connectivity index is 3.15. The van der Waals surface area contributed by atoms with E-state index in [0.29, 0.717) is 0 Å². The molecule has 2 N–H and O–H groups in total. The fourth-order valence-electron chi connectivity index (χ4n) is 0.554. The van der Waals surface area contributed by atoms with Crippen molar-refractivity contribution in [3.8, 4) is 0 Å². The van der Waals surface area contributed by atoms with E-state index in [1.807, 2.05) is 13.8 Å². The van der Waals surface area contributed by atoms with Crippen molar-refractivity contribution >= 4 is 29.7 Å². The molecule has 0 saturated heterocycles. The standard InChI is InChI=1S/C4H12Cl2N2Si/c1-3-7-4(2)8-9(5)6/h4,7-9H,3H2,1-2H3. The number of hydrogen-bond acceptors (Lipinski definition) is 2. The van der Waals surface area contributed by atoms with Gasteiger partial charge in [0.1, 0.15) is 0 Å². The summed E-state index contributed by atoms with van der Waals surface area (Å²) >= 11 is 11.1. The molecule has 9 heavy (non-hydrogen) atoms. The normalized spacial score (nSPS) is 14.3. The molecule has 0 aromatic rings. The van der Waals surface area contributed by atoms with Gasteiger partial charge >= 0.3 is 7.58 Å². The van der Waals surface area contributed by atoms with Crippen molar-refractivity contribution in [2.45, 2.75) is 20.0 Å². The second kappa shape index (κ2) is 5.50. The topological polar surface area (TPSA) is 24.1 Å². The van der Waals surface area contributed by atoms with Crippen LogP contribution in [-0.4, -0.2) is 20.3 Å². The summed E-state index contributed by atoms with van der Waals surface area (Å²) in [6.45, 7) is 4.97. The van der Waals surface area contributed by atoms with Gasteiger partial charge < -0.3 is 10.3 Å². The molecule has 0 aromatic heterocycles. The molecule has 0 bridgehead atoms. The minimum absolute atomic E-state index is 0.238. The Morgan fingerprint density at radius 3 is 2.44 bits per heavy atom. The molecule has 1 unspecified atom stereocenters. The Hall–Kier alpha value is 0.717. The van der Waals surface area contributed by atoms with E-state index in [1.165, 1.54) is 0 Å². The maximum Gasteiger partial charge on any atom is 0.308 e. The van der Waals surface area contributed by atoms with E-state index in [4.69, 9.17) is 22.2 Å². The van der Waals surface area contributed by atoms with Gasteiger partial charge in [-0.15, -0.1) is 22.2 Å². The number of rotatable bonds is 4. The van der Waals surface area contributed by atoms with Crippen LogP contribution in [0.1, 0.15) is 13.8 Å². The maximum absolute atomic E-state index is 5.56. The third-order valence-corrected chi connectivity index (χ3v) is 2.39. The maximum atomic E-state index is 5.56. The van der Waals surface area contributed by atoms with Crippen LogP contribution in [0.15, 0.2) is 0 Å². The molecule has 0 amide bonds. The third kappa shape index (κ3) is 6.60. The smallest absolute Gasteiger partial charge is 0.303 e. The summed E-state index contributed by atoms with van der Waals surface area (Å²) in [5.41, 5.74) is 0. The van der Waals surface area contributed by atoms with Gasteiger partial charge in [0.25, 0.3) is 0 Å². The minimum atomic E-state index is -1.63. The van der Waals surface area contributed by atoms with Gasteiger partial charge in [-0.2, -0.15) is 0 Å². The van der Waals surface area contributed by atoms with Crippen molar-refractivity contribution in [1.82, 2.24) is 10.3 Å². The Labute approximate surface area is 67.0 Å². The van der Waals surface area contributed by atoms with E-state index in [2.05, 4.69) is 10.3 Å². The molecule has 0 aliphatic heterocycles.